The lowest BCUT2D eigenvalue weighted by Gasteiger charge is -2.18. The Bertz CT molecular complexity index is 767. The van der Waals surface area contributed by atoms with Crippen LogP contribution in [0, 0.1) is 22.0 Å². The normalized spacial score (nSPS) is 20.9. The molecular weight excluding hydrogens is 385 g/mol. The van der Waals surface area contributed by atoms with Crippen molar-refractivity contribution >= 4 is 17.4 Å². The molecule has 29 heavy (non-hydrogen) atoms. The molecule has 1 aromatic rings. The molecule has 1 saturated carbocycles. The van der Waals surface area contributed by atoms with Crippen LogP contribution in [0.5, 0.6) is 11.5 Å². The number of methoxy groups -OCH3 is 2. The molecule has 1 aliphatic carbocycles. The Kier molecular flexibility index (Phi) is 7.92. The van der Waals surface area contributed by atoms with E-state index in [4.69, 9.17) is 9.47 Å². The number of esters is 1. The molecular formula is C20H26FNO7. The number of hydrogen-bond donors (Lipinski definition) is 0. The highest BCUT2D eigenvalue weighted by atomic mass is 19.1. The van der Waals surface area contributed by atoms with Gasteiger partial charge in [0.2, 0.25) is 0 Å². The SMILES string of the molecule is CCCCOc1cc([N+](=O)[O-])c(C(=O)C2CC(F)C[C@H]2CC(=O)OC)cc1OC. The van der Waals surface area contributed by atoms with E-state index >= 15 is 0 Å². The molecule has 1 aliphatic rings. The highest BCUT2D eigenvalue weighted by Crippen LogP contribution is 2.42. The fourth-order valence-corrected chi connectivity index (χ4v) is 3.60. The molecule has 0 aromatic heterocycles. The van der Waals surface area contributed by atoms with Crippen LogP contribution in [0.15, 0.2) is 12.1 Å². The maximum atomic E-state index is 14.0. The Labute approximate surface area is 168 Å². The third-order valence-corrected chi connectivity index (χ3v) is 5.13. The molecule has 0 bridgehead atoms. The second kappa shape index (κ2) is 10.2. The number of alkyl halides is 1. The number of ether oxygens (including phenoxy) is 3. The van der Waals surface area contributed by atoms with Gasteiger partial charge in [0.05, 0.1) is 37.4 Å². The van der Waals surface area contributed by atoms with Gasteiger partial charge in [-0.1, -0.05) is 13.3 Å². The van der Waals surface area contributed by atoms with Gasteiger partial charge >= 0.3 is 5.97 Å². The van der Waals surface area contributed by atoms with E-state index in [1.165, 1.54) is 26.4 Å². The van der Waals surface area contributed by atoms with Crippen LogP contribution >= 0.6 is 0 Å². The summed E-state index contributed by atoms with van der Waals surface area (Å²) < 4.78 is 29.4. The second-order valence-corrected chi connectivity index (χ2v) is 7.06. The van der Waals surface area contributed by atoms with Crippen LogP contribution in [0.2, 0.25) is 0 Å². The van der Waals surface area contributed by atoms with E-state index in [0.29, 0.717) is 6.61 Å². The number of ketones is 1. The Balaban J connectivity index is 2.39. The van der Waals surface area contributed by atoms with E-state index in [9.17, 15) is 24.1 Å². The van der Waals surface area contributed by atoms with Crippen LogP contribution in [-0.4, -0.2) is 43.7 Å². The summed E-state index contributed by atoms with van der Waals surface area (Å²) >= 11 is 0. The number of Topliss-reactive ketones (excluding diaryl/α,β-unsaturated/α-hetero) is 1. The Hall–Kier alpha value is -2.71. The number of rotatable bonds is 10. The Morgan fingerprint density at radius 1 is 1.24 bits per heavy atom. The number of carbonyl (C=O) groups is 2. The van der Waals surface area contributed by atoms with Crippen molar-refractivity contribution in [3.63, 3.8) is 0 Å². The van der Waals surface area contributed by atoms with Gasteiger partial charge in [0, 0.05) is 18.4 Å². The number of hydrogen-bond acceptors (Lipinski definition) is 7. The number of carbonyl (C=O) groups excluding carboxylic acids is 2. The van der Waals surface area contributed by atoms with Crippen LogP contribution < -0.4 is 9.47 Å². The topological polar surface area (TPSA) is 105 Å². The third kappa shape index (κ3) is 5.42. The lowest BCUT2D eigenvalue weighted by Crippen LogP contribution is -2.23. The van der Waals surface area contributed by atoms with Crippen molar-refractivity contribution in [1.82, 2.24) is 0 Å². The van der Waals surface area contributed by atoms with Crippen LogP contribution in [0.4, 0.5) is 10.1 Å². The Morgan fingerprint density at radius 2 is 1.97 bits per heavy atom. The zero-order chi connectivity index (χ0) is 21.6. The zero-order valence-corrected chi connectivity index (χ0v) is 16.8. The lowest BCUT2D eigenvalue weighted by atomic mass is 9.85. The van der Waals surface area contributed by atoms with Gasteiger partial charge in [-0.2, -0.15) is 0 Å². The predicted molar refractivity (Wildman–Crippen MR) is 102 cm³/mol. The van der Waals surface area contributed by atoms with Crippen molar-refractivity contribution < 1.29 is 33.1 Å². The Morgan fingerprint density at radius 3 is 2.55 bits per heavy atom. The van der Waals surface area contributed by atoms with Gasteiger partial charge in [0.1, 0.15) is 6.17 Å². The molecule has 1 fully saturated rings. The highest BCUT2D eigenvalue weighted by molar-refractivity contribution is 6.02. The first-order valence-electron chi connectivity index (χ1n) is 9.56. The van der Waals surface area contributed by atoms with Crippen LogP contribution in [0.3, 0.4) is 0 Å². The van der Waals surface area contributed by atoms with E-state index in [0.717, 1.165) is 12.8 Å². The first-order valence-corrected chi connectivity index (χ1v) is 9.56. The number of nitro benzene ring substituents is 1. The minimum Gasteiger partial charge on any atom is -0.493 e. The standard InChI is InChI=1S/C20H26FNO7/c1-4-5-6-29-18-11-16(22(25)26)15(10-17(18)27-2)20(24)14-9-13(21)7-12(14)8-19(23)28-3/h10-14H,4-9H2,1-3H3/t12-,13?,14?/m0/s1. The smallest absolute Gasteiger partial charge is 0.305 e. The largest absolute Gasteiger partial charge is 0.493 e. The summed E-state index contributed by atoms with van der Waals surface area (Å²) in [5, 5.41) is 11.6. The van der Waals surface area contributed by atoms with Crippen LogP contribution in [0.25, 0.3) is 0 Å². The van der Waals surface area contributed by atoms with Gasteiger partial charge in [-0.25, -0.2) is 4.39 Å². The molecule has 0 amide bonds. The van der Waals surface area contributed by atoms with Crippen molar-refractivity contribution in [3.05, 3.63) is 27.8 Å². The summed E-state index contributed by atoms with van der Waals surface area (Å²) in [5.74, 6) is -2.19. The summed E-state index contributed by atoms with van der Waals surface area (Å²) in [6.07, 6.45) is 0.220. The molecule has 9 heteroatoms. The summed E-state index contributed by atoms with van der Waals surface area (Å²) in [4.78, 5) is 35.7. The molecule has 160 valence electrons. The zero-order valence-electron chi connectivity index (χ0n) is 16.8. The highest BCUT2D eigenvalue weighted by Gasteiger charge is 2.42. The number of unbranched alkanes of at least 4 members (excludes halogenated alkanes) is 1. The summed E-state index contributed by atoms with van der Waals surface area (Å²) in [7, 11) is 2.59. The fraction of sp³-hybridized carbons (Fsp3) is 0.600. The van der Waals surface area contributed by atoms with Gasteiger partial charge < -0.3 is 14.2 Å². The molecule has 0 radical (unpaired) electrons. The number of halogens is 1. The monoisotopic (exact) mass is 411 g/mol. The molecule has 1 aromatic carbocycles. The summed E-state index contributed by atoms with van der Waals surface area (Å²) in [5.41, 5.74) is -0.606. The van der Waals surface area contributed by atoms with Crippen LogP contribution in [0.1, 0.15) is 49.4 Å². The van der Waals surface area contributed by atoms with Crippen molar-refractivity contribution in [2.24, 2.45) is 11.8 Å². The molecule has 0 heterocycles. The molecule has 2 rings (SSSR count). The minimum absolute atomic E-state index is 0.0364. The number of nitrogens with zero attached hydrogens (tertiary/aromatic N) is 1. The maximum absolute atomic E-state index is 14.0. The van der Waals surface area contributed by atoms with Gasteiger partial charge in [-0.05, 0) is 25.2 Å². The van der Waals surface area contributed by atoms with Gasteiger partial charge in [-0.3, -0.25) is 19.7 Å². The third-order valence-electron chi connectivity index (χ3n) is 5.13. The first-order chi connectivity index (χ1) is 13.8. The predicted octanol–water partition coefficient (Wildman–Crippen LogP) is 3.89. The van der Waals surface area contributed by atoms with Gasteiger partial charge in [0.15, 0.2) is 17.3 Å². The summed E-state index contributed by atoms with van der Waals surface area (Å²) in [6.45, 7) is 2.33. The van der Waals surface area contributed by atoms with Crippen LogP contribution in [-0.2, 0) is 9.53 Å². The minimum atomic E-state index is -1.25. The van der Waals surface area contributed by atoms with Crippen molar-refractivity contribution in [2.45, 2.75) is 45.2 Å². The average molecular weight is 411 g/mol. The molecule has 8 nitrogen and oxygen atoms in total. The second-order valence-electron chi connectivity index (χ2n) is 7.06. The van der Waals surface area contributed by atoms with E-state index in [1.807, 2.05) is 6.92 Å². The van der Waals surface area contributed by atoms with E-state index in [2.05, 4.69) is 4.74 Å². The number of benzene rings is 1. The van der Waals surface area contributed by atoms with E-state index < -0.39 is 40.4 Å². The van der Waals surface area contributed by atoms with Crippen molar-refractivity contribution in [1.29, 1.82) is 0 Å². The maximum Gasteiger partial charge on any atom is 0.305 e. The van der Waals surface area contributed by atoms with E-state index in [-0.39, 0.29) is 36.3 Å². The van der Waals surface area contributed by atoms with E-state index in [1.54, 1.807) is 0 Å². The summed E-state index contributed by atoms with van der Waals surface area (Å²) in [6, 6.07) is 2.43. The molecule has 0 aliphatic heterocycles. The van der Waals surface area contributed by atoms with Gasteiger partial charge in [0.25, 0.3) is 5.69 Å². The van der Waals surface area contributed by atoms with Crippen molar-refractivity contribution in [3.8, 4) is 11.5 Å². The fourth-order valence-electron chi connectivity index (χ4n) is 3.60. The average Bonchev–Trinajstić information content (AvgIpc) is 3.06. The molecule has 0 N–H and O–H groups in total. The quantitative estimate of drug-likeness (QED) is 0.189. The van der Waals surface area contributed by atoms with Gasteiger partial charge in [-0.15, -0.1) is 0 Å². The van der Waals surface area contributed by atoms with Crippen molar-refractivity contribution in [2.75, 3.05) is 20.8 Å². The first kappa shape index (κ1) is 22.6. The molecule has 3 atom stereocenters. The lowest BCUT2D eigenvalue weighted by molar-refractivity contribution is -0.385. The number of nitro groups is 1. The molecule has 2 unspecified atom stereocenters. The molecule has 0 saturated heterocycles. The molecule has 0 spiro atoms.